The molecule has 3 heterocycles. The van der Waals surface area contributed by atoms with Crippen molar-refractivity contribution < 1.29 is 9.53 Å². The van der Waals surface area contributed by atoms with E-state index < -0.39 is 0 Å². The first-order valence-corrected chi connectivity index (χ1v) is 8.57. The van der Waals surface area contributed by atoms with Gasteiger partial charge in [0.1, 0.15) is 5.69 Å². The number of rotatable bonds is 5. The van der Waals surface area contributed by atoms with Crippen LogP contribution in [0.3, 0.4) is 0 Å². The molecule has 0 N–H and O–H groups in total. The normalized spacial score (nSPS) is 22.4. The molecule has 0 radical (unpaired) electrons. The van der Waals surface area contributed by atoms with E-state index in [1.165, 1.54) is 0 Å². The molecule has 0 bridgehead atoms. The predicted octanol–water partition coefficient (Wildman–Crippen LogP) is 2.66. The molecule has 0 aromatic carbocycles. The highest BCUT2D eigenvalue weighted by Crippen LogP contribution is 2.31. The number of amides is 1. The van der Waals surface area contributed by atoms with Gasteiger partial charge in [0.25, 0.3) is 5.91 Å². The number of aromatic nitrogens is 2. The fraction of sp³-hybridized carbons (Fsp3) is 0.765. The molecule has 1 aromatic heterocycles. The maximum absolute atomic E-state index is 12.8. The van der Waals surface area contributed by atoms with Gasteiger partial charge in [0, 0.05) is 26.3 Å². The van der Waals surface area contributed by atoms with Crippen molar-refractivity contribution in [1.29, 1.82) is 0 Å². The second-order valence-electron chi connectivity index (χ2n) is 6.68. The summed E-state index contributed by atoms with van der Waals surface area (Å²) in [5.41, 5.74) is 1.68. The van der Waals surface area contributed by atoms with Crippen LogP contribution in [0.5, 0.6) is 0 Å². The minimum atomic E-state index is 0.141. The van der Waals surface area contributed by atoms with Gasteiger partial charge in [-0.05, 0) is 44.1 Å². The number of likely N-dealkylation sites (tertiary alicyclic amines) is 1. The summed E-state index contributed by atoms with van der Waals surface area (Å²) in [5, 5.41) is 4.56. The second kappa shape index (κ2) is 6.41. The van der Waals surface area contributed by atoms with E-state index in [0.717, 1.165) is 57.0 Å². The highest BCUT2D eigenvalue weighted by molar-refractivity contribution is 5.93. The summed E-state index contributed by atoms with van der Waals surface area (Å²) in [6, 6.07) is 2.25. The molecule has 2 saturated heterocycles. The molecule has 5 nitrogen and oxygen atoms in total. The number of ether oxygens (including phenoxy) is 1. The molecule has 2 aliphatic heterocycles. The van der Waals surface area contributed by atoms with Crippen LogP contribution < -0.4 is 0 Å². The molecule has 1 unspecified atom stereocenters. The van der Waals surface area contributed by atoms with Crippen molar-refractivity contribution in [2.24, 2.45) is 11.8 Å². The van der Waals surface area contributed by atoms with Gasteiger partial charge < -0.3 is 9.64 Å². The van der Waals surface area contributed by atoms with Gasteiger partial charge in [0.05, 0.1) is 11.7 Å². The van der Waals surface area contributed by atoms with Crippen molar-refractivity contribution >= 4 is 5.91 Å². The SMILES string of the molecule is CCC(CC)n1nc(C)cc1C(=O)N1CC(C2CCOC2)C1. The third kappa shape index (κ3) is 2.78. The van der Waals surface area contributed by atoms with Crippen molar-refractivity contribution in [2.75, 3.05) is 26.3 Å². The Hall–Kier alpha value is -1.36. The summed E-state index contributed by atoms with van der Waals surface area (Å²) < 4.78 is 7.41. The lowest BCUT2D eigenvalue weighted by atomic mass is 9.85. The molecule has 1 atom stereocenters. The van der Waals surface area contributed by atoms with Gasteiger partial charge in [-0.3, -0.25) is 9.48 Å². The largest absolute Gasteiger partial charge is 0.381 e. The van der Waals surface area contributed by atoms with Gasteiger partial charge in [-0.25, -0.2) is 0 Å². The van der Waals surface area contributed by atoms with E-state index in [1.54, 1.807) is 0 Å². The van der Waals surface area contributed by atoms with E-state index in [2.05, 4.69) is 18.9 Å². The minimum absolute atomic E-state index is 0.141. The monoisotopic (exact) mass is 305 g/mol. The van der Waals surface area contributed by atoms with Crippen LogP contribution in [0.4, 0.5) is 0 Å². The second-order valence-corrected chi connectivity index (χ2v) is 6.68. The topological polar surface area (TPSA) is 47.4 Å². The summed E-state index contributed by atoms with van der Waals surface area (Å²) in [5.74, 6) is 1.41. The Kier molecular flexibility index (Phi) is 4.52. The number of carbonyl (C=O) groups is 1. The standard InChI is InChI=1S/C17H27N3O2/c1-4-15(5-2)20-16(8-12(3)18-20)17(21)19-9-14(10-19)13-6-7-22-11-13/h8,13-15H,4-7,9-11H2,1-3H3. The summed E-state index contributed by atoms with van der Waals surface area (Å²) >= 11 is 0. The highest BCUT2D eigenvalue weighted by Gasteiger charge is 2.39. The van der Waals surface area contributed by atoms with E-state index in [-0.39, 0.29) is 5.91 Å². The Morgan fingerprint density at radius 2 is 2.09 bits per heavy atom. The minimum Gasteiger partial charge on any atom is -0.381 e. The average Bonchev–Trinajstić information content (AvgIpc) is 3.09. The molecule has 5 heteroatoms. The van der Waals surface area contributed by atoms with Crippen molar-refractivity contribution in [2.45, 2.75) is 46.1 Å². The molecule has 0 saturated carbocycles. The molecule has 2 fully saturated rings. The predicted molar refractivity (Wildman–Crippen MR) is 84.9 cm³/mol. The van der Waals surface area contributed by atoms with Crippen LogP contribution in [0, 0.1) is 18.8 Å². The van der Waals surface area contributed by atoms with Crippen LogP contribution in [0.15, 0.2) is 6.07 Å². The molecular weight excluding hydrogens is 278 g/mol. The third-order valence-electron chi connectivity index (χ3n) is 5.19. The quantitative estimate of drug-likeness (QED) is 0.840. The third-order valence-corrected chi connectivity index (χ3v) is 5.19. The van der Waals surface area contributed by atoms with Crippen LogP contribution in [-0.2, 0) is 4.74 Å². The Morgan fingerprint density at radius 3 is 2.68 bits per heavy atom. The first kappa shape index (κ1) is 15.5. The highest BCUT2D eigenvalue weighted by atomic mass is 16.5. The number of nitrogens with zero attached hydrogens (tertiary/aromatic N) is 3. The molecule has 2 aliphatic rings. The van der Waals surface area contributed by atoms with Gasteiger partial charge in [0.15, 0.2) is 0 Å². The van der Waals surface area contributed by atoms with Crippen LogP contribution in [0.2, 0.25) is 0 Å². The van der Waals surface area contributed by atoms with Gasteiger partial charge in [0.2, 0.25) is 0 Å². The molecular formula is C17H27N3O2. The van der Waals surface area contributed by atoms with Gasteiger partial charge in [-0.1, -0.05) is 13.8 Å². The van der Waals surface area contributed by atoms with Gasteiger partial charge in [-0.15, -0.1) is 0 Å². The lowest BCUT2D eigenvalue weighted by Crippen LogP contribution is -2.53. The summed E-state index contributed by atoms with van der Waals surface area (Å²) in [6.07, 6.45) is 3.15. The van der Waals surface area contributed by atoms with E-state index >= 15 is 0 Å². The fourth-order valence-electron chi connectivity index (χ4n) is 3.65. The summed E-state index contributed by atoms with van der Waals surface area (Å²) in [4.78, 5) is 14.8. The van der Waals surface area contributed by atoms with Crippen molar-refractivity contribution in [1.82, 2.24) is 14.7 Å². The van der Waals surface area contributed by atoms with Crippen LogP contribution in [0.25, 0.3) is 0 Å². The first-order chi connectivity index (χ1) is 10.6. The van der Waals surface area contributed by atoms with E-state index in [9.17, 15) is 4.79 Å². The van der Waals surface area contributed by atoms with Crippen LogP contribution in [0.1, 0.15) is 55.3 Å². The molecule has 0 aliphatic carbocycles. The first-order valence-electron chi connectivity index (χ1n) is 8.57. The number of hydrogen-bond donors (Lipinski definition) is 0. The zero-order chi connectivity index (χ0) is 15.7. The zero-order valence-electron chi connectivity index (χ0n) is 13.9. The number of carbonyl (C=O) groups excluding carboxylic acids is 1. The van der Waals surface area contributed by atoms with Gasteiger partial charge in [-0.2, -0.15) is 5.10 Å². The van der Waals surface area contributed by atoms with Gasteiger partial charge >= 0.3 is 0 Å². The smallest absolute Gasteiger partial charge is 0.272 e. The van der Waals surface area contributed by atoms with E-state index in [1.807, 2.05) is 22.6 Å². The van der Waals surface area contributed by atoms with Crippen LogP contribution >= 0.6 is 0 Å². The lowest BCUT2D eigenvalue weighted by molar-refractivity contribution is 0.0328. The lowest BCUT2D eigenvalue weighted by Gasteiger charge is -2.42. The molecule has 1 aromatic rings. The van der Waals surface area contributed by atoms with E-state index in [0.29, 0.717) is 17.9 Å². The van der Waals surface area contributed by atoms with Crippen molar-refractivity contribution in [3.8, 4) is 0 Å². The fourth-order valence-corrected chi connectivity index (χ4v) is 3.65. The van der Waals surface area contributed by atoms with Crippen molar-refractivity contribution in [3.63, 3.8) is 0 Å². The Labute approximate surface area is 132 Å². The Morgan fingerprint density at radius 1 is 1.36 bits per heavy atom. The maximum atomic E-state index is 12.8. The molecule has 3 rings (SSSR count). The molecule has 122 valence electrons. The zero-order valence-corrected chi connectivity index (χ0v) is 13.9. The Balaban J connectivity index is 1.68. The summed E-state index contributed by atoms with van der Waals surface area (Å²) in [7, 11) is 0. The van der Waals surface area contributed by atoms with Crippen LogP contribution in [-0.4, -0.2) is 46.9 Å². The maximum Gasteiger partial charge on any atom is 0.272 e. The summed E-state index contributed by atoms with van der Waals surface area (Å²) in [6.45, 7) is 9.77. The van der Waals surface area contributed by atoms with E-state index in [4.69, 9.17) is 4.74 Å². The number of aryl methyl sites for hydroxylation is 1. The number of hydrogen-bond acceptors (Lipinski definition) is 3. The molecule has 1 amide bonds. The Bertz CT molecular complexity index is 524. The average molecular weight is 305 g/mol. The molecule has 0 spiro atoms. The molecule has 22 heavy (non-hydrogen) atoms. The van der Waals surface area contributed by atoms with Crippen molar-refractivity contribution in [3.05, 3.63) is 17.5 Å².